The van der Waals surface area contributed by atoms with Crippen LogP contribution in [0.25, 0.3) is 0 Å². The molecule has 4 nitrogen and oxygen atoms in total. The fourth-order valence-corrected chi connectivity index (χ4v) is 2.53. The Labute approximate surface area is 118 Å². The molecule has 1 unspecified atom stereocenters. The van der Waals surface area contributed by atoms with Crippen LogP contribution in [-0.2, 0) is 9.84 Å². The van der Waals surface area contributed by atoms with Crippen molar-refractivity contribution in [2.75, 3.05) is 12.0 Å². The highest BCUT2D eigenvalue weighted by molar-refractivity contribution is 7.90. The van der Waals surface area contributed by atoms with Gasteiger partial charge >= 0.3 is 0 Å². The van der Waals surface area contributed by atoms with Crippen molar-refractivity contribution in [3.05, 3.63) is 60.2 Å². The second-order valence-corrected chi connectivity index (χ2v) is 6.78. The van der Waals surface area contributed by atoms with Crippen molar-refractivity contribution in [3.63, 3.8) is 0 Å². The van der Waals surface area contributed by atoms with Crippen LogP contribution in [0.4, 0.5) is 0 Å². The summed E-state index contributed by atoms with van der Waals surface area (Å²) in [4.78, 5) is 0. The number of ether oxygens (including phenoxy) is 1. The molecule has 2 aromatic carbocycles. The number of hydrogen-bond acceptors (Lipinski definition) is 4. The van der Waals surface area contributed by atoms with E-state index in [9.17, 15) is 13.5 Å². The standard InChI is InChI=1S/C15H16O4S/c1-20(17,18)11-15(16)12-7-9-14(10-8-12)19-13-5-3-2-4-6-13/h2-10,15-16H,11H2,1H3. The first-order valence-corrected chi connectivity index (χ1v) is 8.19. The van der Waals surface area contributed by atoms with E-state index in [1.54, 1.807) is 24.3 Å². The van der Waals surface area contributed by atoms with Gasteiger partial charge in [0.15, 0.2) is 0 Å². The topological polar surface area (TPSA) is 63.6 Å². The zero-order valence-corrected chi connectivity index (χ0v) is 11.9. The molecule has 1 atom stereocenters. The zero-order valence-electron chi connectivity index (χ0n) is 11.1. The summed E-state index contributed by atoms with van der Waals surface area (Å²) in [5.41, 5.74) is 0.552. The normalized spacial score (nSPS) is 12.9. The summed E-state index contributed by atoms with van der Waals surface area (Å²) < 4.78 is 27.9. The first-order valence-electron chi connectivity index (χ1n) is 6.13. The fourth-order valence-electron chi connectivity index (χ4n) is 1.77. The minimum atomic E-state index is -3.21. The van der Waals surface area contributed by atoms with Crippen LogP contribution in [0.1, 0.15) is 11.7 Å². The number of hydrogen-bond donors (Lipinski definition) is 1. The number of aliphatic hydroxyl groups excluding tert-OH is 1. The number of rotatable bonds is 5. The molecule has 5 heteroatoms. The van der Waals surface area contributed by atoms with Crippen molar-refractivity contribution in [3.8, 4) is 11.5 Å². The SMILES string of the molecule is CS(=O)(=O)CC(O)c1ccc(Oc2ccccc2)cc1. The number of para-hydroxylation sites is 1. The highest BCUT2D eigenvalue weighted by Gasteiger charge is 2.14. The molecule has 0 bridgehead atoms. The molecule has 0 aliphatic heterocycles. The van der Waals surface area contributed by atoms with E-state index in [-0.39, 0.29) is 5.75 Å². The molecule has 0 aliphatic rings. The maximum Gasteiger partial charge on any atom is 0.150 e. The van der Waals surface area contributed by atoms with E-state index in [2.05, 4.69) is 0 Å². The summed E-state index contributed by atoms with van der Waals surface area (Å²) in [5, 5.41) is 9.82. The molecule has 106 valence electrons. The van der Waals surface area contributed by atoms with Crippen LogP contribution in [0.2, 0.25) is 0 Å². The monoisotopic (exact) mass is 292 g/mol. The third-order valence-electron chi connectivity index (χ3n) is 2.70. The summed E-state index contributed by atoms with van der Waals surface area (Å²) in [7, 11) is -3.21. The molecule has 1 N–H and O–H groups in total. The largest absolute Gasteiger partial charge is 0.457 e. The Morgan fingerprint density at radius 3 is 2.10 bits per heavy atom. The van der Waals surface area contributed by atoms with E-state index in [0.717, 1.165) is 12.0 Å². The smallest absolute Gasteiger partial charge is 0.150 e. The molecule has 2 rings (SSSR count). The lowest BCUT2D eigenvalue weighted by Gasteiger charge is -2.11. The summed E-state index contributed by atoms with van der Waals surface area (Å²) in [6, 6.07) is 16.1. The third kappa shape index (κ3) is 4.36. The van der Waals surface area contributed by atoms with Gasteiger partial charge in [0.05, 0.1) is 11.9 Å². The molecule has 0 fully saturated rings. The Bertz CT molecular complexity index is 648. The van der Waals surface area contributed by atoms with Gasteiger partial charge in [-0.3, -0.25) is 0 Å². The van der Waals surface area contributed by atoms with E-state index in [1.165, 1.54) is 0 Å². The van der Waals surface area contributed by atoms with E-state index >= 15 is 0 Å². The van der Waals surface area contributed by atoms with E-state index < -0.39 is 15.9 Å². The van der Waals surface area contributed by atoms with Crippen molar-refractivity contribution in [1.29, 1.82) is 0 Å². The molecule has 0 radical (unpaired) electrons. The molecular weight excluding hydrogens is 276 g/mol. The predicted octanol–water partition coefficient (Wildman–Crippen LogP) is 2.56. The second-order valence-electron chi connectivity index (χ2n) is 4.59. The van der Waals surface area contributed by atoms with Gasteiger partial charge in [-0.05, 0) is 29.8 Å². The lowest BCUT2D eigenvalue weighted by molar-refractivity contribution is 0.202. The first-order chi connectivity index (χ1) is 9.44. The van der Waals surface area contributed by atoms with Crippen LogP contribution >= 0.6 is 0 Å². The third-order valence-corrected chi connectivity index (χ3v) is 3.63. The minimum Gasteiger partial charge on any atom is -0.457 e. The molecule has 2 aromatic rings. The fraction of sp³-hybridized carbons (Fsp3) is 0.200. The van der Waals surface area contributed by atoms with Gasteiger partial charge in [0.1, 0.15) is 21.3 Å². The second kappa shape index (κ2) is 6.07. The lowest BCUT2D eigenvalue weighted by Crippen LogP contribution is -2.12. The summed E-state index contributed by atoms with van der Waals surface area (Å²) in [5.74, 6) is 1.06. The van der Waals surface area contributed by atoms with Crippen LogP contribution in [0.15, 0.2) is 54.6 Å². The molecule has 0 heterocycles. The molecule has 0 saturated heterocycles. The van der Waals surface area contributed by atoms with Crippen LogP contribution < -0.4 is 4.74 Å². The molecular formula is C15H16O4S. The Morgan fingerprint density at radius 1 is 1.00 bits per heavy atom. The van der Waals surface area contributed by atoms with Crippen molar-refractivity contribution in [2.24, 2.45) is 0 Å². The van der Waals surface area contributed by atoms with Crippen LogP contribution in [0.5, 0.6) is 11.5 Å². The highest BCUT2D eigenvalue weighted by atomic mass is 32.2. The van der Waals surface area contributed by atoms with Gasteiger partial charge in [-0.25, -0.2) is 8.42 Å². The number of benzene rings is 2. The maximum atomic E-state index is 11.1. The van der Waals surface area contributed by atoms with Gasteiger partial charge in [-0.1, -0.05) is 30.3 Å². The van der Waals surface area contributed by atoms with Gasteiger partial charge in [-0.15, -0.1) is 0 Å². The predicted molar refractivity (Wildman–Crippen MR) is 77.6 cm³/mol. The van der Waals surface area contributed by atoms with E-state index in [4.69, 9.17) is 4.74 Å². The summed E-state index contributed by atoms with van der Waals surface area (Å²) >= 11 is 0. The average molecular weight is 292 g/mol. The summed E-state index contributed by atoms with van der Waals surface area (Å²) in [6.45, 7) is 0. The van der Waals surface area contributed by atoms with Gasteiger partial charge in [0.2, 0.25) is 0 Å². The molecule has 0 amide bonds. The quantitative estimate of drug-likeness (QED) is 0.920. The highest BCUT2D eigenvalue weighted by Crippen LogP contribution is 2.23. The molecule has 0 spiro atoms. The van der Waals surface area contributed by atoms with Crippen molar-refractivity contribution >= 4 is 9.84 Å². The minimum absolute atomic E-state index is 0.286. The first kappa shape index (κ1) is 14.6. The maximum absolute atomic E-state index is 11.1. The van der Waals surface area contributed by atoms with Crippen LogP contribution in [-0.4, -0.2) is 25.5 Å². The Balaban J connectivity index is 2.07. The Hall–Kier alpha value is -1.85. The number of sulfone groups is 1. The Kier molecular flexibility index (Phi) is 4.42. The summed E-state index contributed by atoms with van der Waals surface area (Å²) in [6.07, 6.45) is 0.0825. The van der Waals surface area contributed by atoms with Gasteiger partial charge in [-0.2, -0.15) is 0 Å². The number of aliphatic hydroxyl groups is 1. The van der Waals surface area contributed by atoms with Gasteiger partial charge in [0, 0.05) is 6.26 Å². The van der Waals surface area contributed by atoms with Crippen molar-refractivity contribution < 1.29 is 18.3 Å². The average Bonchev–Trinajstić information content (AvgIpc) is 2.39. The van der Waals surface area contributed by atoms with Gasteiger partial charge < -0.3 is 9.84 Å². The Morgan fingerprint density at radius 2 is 1.55 bits per heavy atom. The lowest BCUT2D eigenvalue weighted by atomic mass is 10.1. The van der Waals surface area contributed by atoms with Crippen LogP contribution in [0.3, 0.4) is 0 Å². The van der Waals surface area contributed by atoms with Gasteiger partial charge in [0.25, 0.3) is 0 Å². The van der Waals surface area contributed by atoms with E-state index in [0.29, 0.717) is 11.3 Å². The molecule has 0 aliphatic carbocycles. The van der Waals surface area contributed by atoms with Crippen LogP contribution in [0, 0.1) is 0 Å². The van der Waals surface area contributed by atoms with E-state index in [1.807, 2.05) is 30.3 Å². The van der Waals surface area contributed by atoms with Crippen molar-refractivity contribution in [2.45, 2.75) is 6.10 Å². The zero-order chi connectivity index (χ0) is 14.6. The molecule has 0 aromatic heterocycles. The molecule has 0 saturated carbocycles. The van der Waals surface area contributed by atoms with Crippen molar-refractivity contribution in [1.82, 2.24) is 0 Å². The molecule has 20 heavy (non-hydrogen) atoms.